The average molecular weight is 302 g/mol. The molecule has 1 aromatic rings. The van der Waals surface area contributed by atoms with Crippen LogP contribution in [0.15, 0.2) is 30.3 Å². The molecule has 2 aliphatic heterocycles. The summed E-state index contributed by atoms with van der Waals surface area (Å²) in [6.07, 6.45) is 4.58. The molecule has 3 heteroatoms. The summed E-state index contributed by atoms with van der Waals surface area (Å²) in [4.78, 5) is 5.31. The lowest BCUT2D eigenvalue weighted by Crippen LogP contribution is -2.53. The van der Waals surface area contributed by atoms with Crippen LogP contribution in [0.1, 0.15) is 32.3 Å². The van der Waals surface area contributed by atoms with Gasteiger partial charge >= 0.3 is 0 Å². The molecule has 2 unspecified atom stereocenters. The number of piperidine rings is 1. The molecule has 0 bridgehead atoms. The van der Waals surface area contributed by atoms with Gasteiger partial charge in [-0.25, -0.2) is 0 Å². The number of nitrogens with zero attached hydrogens (tertiary/aromatic N) is 2. The topological polar surface area (TPSA) is 15.7 Å². The maximum Gasteiger partial charge on any atom is 0.0678 e. The Hall–Kier alpha value is -0.900. The lowest BCUT2D eigenvalue weighted by molar-refractivity contribution is -0.0863. The van der Waals surface area contributed by atoms with E-state index in [0.717, 1.165) is 19.1 Å². The molecule has 0 N–H and O–H groups in total. The highest BCUT2D eigenvalue weighted by atomic mass is 16.5. The van der Waals surface area contributed by atoms with E-state index in [1.807, 2.05) is 0 Å². The highest BCUT2D eigenvalue weighted by molar-refractivity contribution is 5.14. The van der Waals surface area contributed by atoms with E-state index in [4.69, 9.17) is 4.74 Å². The zero-order chi connectivity index (χ0) is 15.4. The van der Waals surface area contributed by atoms with Gasteiger partial charge in [0.05, 0.1) is 12.2 Å². The SMILES string of the molecule is CC1CN(C2CCN(CCc3ccccc3)CC2)CC(C)O1. The maximum absolute atomic E-state index is 5.86. The molecule has 2 atom stereocenters. The fraction of sp³-hybridized carbons (Fsp3) is 0.684. The van der Waals surface area contributed by atoms with E-state index in [9.17, 15) is 0 Å². The minimum absolute atomic E-state index is 0.389. The van der Waals surface area contributed by atoms with Crippen molar-refractivity contribution in [2.24, 2.45) is 0 Å². The van der Waals surface area contributed by atoms with E-state index >= 15 is 0 Å². The second-order valence-corrected chi connectivity index (χ2v) is 7.02. The average Bonchev–Trinajstić information content (AvgIpc) is 2.53. The molecule has 2 aliphatic rings. The van der Waals surface area contributed by atoms with Crippen LogP contribution >= 0.6 is 0 Å². The summed E-state index contributed by atoms with van der Waals surface area (Å²) in [7, 11) is 0. The van der Waals surface area contributed by atoms with Gasteiger partial charge in [-0.2, -0.15) is 0 Å². The molecule has 3 nitrogen and oxygen atoms in total. The third kappa shape index (κ3) is 4.31. The van der Waals surface area contributed by atoms with Gasteiger partial charge in [-0.15, -0.1) is 0 Å². The molecule has 0 saturated carbocycles. The summed E-state index contributed by atoms with van der Waals surface area (Å²) in [6, 6.07) is 11.6. The van der Waals surface area contributed by atoms with Gasteiger partial charge in [-0.3, -0.25) is 4.90 Å². The number of benzene rings is 1. The van der Waals surface area contributed by atoms with E-state index in [1.165, 1.54) is 44.5 Å². The van der Waals surface area contributed by atoms with Crippen molar-refractivity contribution in [1.82, 2.24) is 9.80 Å². The molecule has 0 aliphatic carbocycles. The van der Waals surface area contributed by atoms with Crippen LogP contribution in [0.25, 0.3) is 0 Å². The van der Waals surface area contributed by atoms with Gasteiger partial charge < -0.3 is 9.64 Å². The standard InChI is InChI=1S/C19H30N2O/c1-16-14-21(15-17(2)22-16)19-9-12-20(13-10-19)11-8-18-6-4-3-5-7-18/h3-7,16-17,19H,8-15H2,1-2H3. The number of hydrogen-bond acceptors (Lipinski definition) is 3. The van der Waals surface area contributed by atoms with Crippen LogP contribution in [0.3, 0.4) is 0 Å². The van der Waals surface area contributed by atoms with Crippen molar-refractivity contribution in [1.29, 1.82) is 0 Å². The summed E-state index contributed by atoms with van der Waals surface area (Å²) in [5.41, 5.74) is 1.46. The van der Waals surface area contributed by atoms with E-state index in [2.05, 4.69) is 54.0 Å². The summed E-state index contributed by atoms with van der Waals surface area (Å²) in [5.74, 6) is 0. The number of rotatable bonds is 4. The first-order valence-corrected chi connectivity index (χ1v) is 8.86. The lowest BCUT2D eigenvalue weighted by atomic mass is 10.0. The predicted molar refractivity (Wildman–Crippen MR) is 91.2 cm³/mol. The molecule has 1 aromatic carbocycles. The van der Waals surface area contributed by atoms with Gasteiger partial charge in [-0.05, 0) is 51.8 Å². The molecule has 122 valence electrons. The Morgan fingerprint density at radius 1 is 1.00 bits per heavy atom. The highest BCUT2D eigenvalue weighted by Gasteiger charge is 2.30. The van der Waals surface area contributed by atoms with Crippen molar-refractivity contribution in [3.8, 4) is 0 Å². The maximum atomic E-state index is 5.86. The Balaban J connectivity index is 1.42. The third-order valence-electron chi connectivity index (χ3n) is 5.08. The van der Waals surface area contributed by atoms with Crippen molar-refractivity contribution in [3.05, 3.63) is 35.9 Å². The van der Waals surface area contributed by atoms with Gasteiger partial charge in [-0.1, -0.05) is 30.3 Å². The van der Waals surface area contributed by atoms with Crippen molar-refractivity contribution < 1.29 is 4.74 Å². The van der Waals surface area contributed by atoms with Gasteiger partial charge in [0.1, 0.15) is 0 Å². The van der Waals surface area contributed by atoms with E-state index in [0.29, 0.717) is 12.2 Å². The molecule has 0 radical (unpaired) electrons. The van der Waals surface area contributed by atoms with Gasteiger partial charge in [0.2, 0.25) is 0 Å². The number of morpholine rings is 1. The molecule has 0 amide bonds. The fourth-order valence-electron chi connectivity index (χ4n) is 3.96. The predicted octanol–water partition coefficient (Wildman–Crippen LogP) is 2.80. The second-order valence-electron chi connectivity index (χ2n) is 7.02. The van der Waals surface area contributed by atoms with Gasteiger partial charge in [0.15, 0.2) is 0 Å². The smallest absolute Gasteiger partial charge is 0.0678 e. The van der Waals surface area contributed by atoms with Gasteiger partial charge in [0, 0.05) is 25.7 Å². The van der Waals surface area contributed by atoms with E-state index in [1.54, 1.807) is 0 Å². The molecular formula is C19H30N2O. The van der Waals surface area contributed by atoms with Crippen LogP contribution in [0.4, 0.5) is 0 Å². The first kappa shape index (κ1) is 16.0. The van der Waals surface area contributed by atoms with Crippen molar-refractivity contribution in [3.63, 3.8) is 0 Å². The largest absolute Gasteiger partial charge is 0.373 e. The summed E-state index contributed by atoms with van der Waals surface area (Å²) < 4.78 is 5.86. The van der Waals surface area contributed by atoms with Gasteiger partial charge in [0.25, 0.3) is 0 Å². The van der Waals surface area contributed by atoms with Crippen LogP contribution in [0.2, 0.25) is 0 Å². The van der Waals surface area contributed by atoms with E-state index in [-0.39, 0.29) is 0 Å². The van der Waals surface area contributed by atoms with Crippen molar-refractivity contribution >= 4 is 0 Å². The first-order valence-electron chi connectivity index (χ1n) is 8.86. The Bertz CT molecular complexity index is 432. The van der Waals surface area contributed by atoms with Crippen molar-refractivity contribution in [2.45, 2.75) is 51.4 Å². The van der Waals surface area contributed by atoms with E-state index < -0.39 is 0 Å². The summed E-state index contributed by atoms with van der Waals surface area (Å²) >= 11 is 0. The Labute approximate surface area is 135 Å². The molecule has 0 aromatic heterocycles. The minimum atomic E-state index is 0.389. The van der Waals surface area contributed by atoms with Crippen LogP contribution in [-0.2, 0) is 11.2 Å². The zero-order valence-electron chi connectivity index (χ0n) is 14.1. The molecule has 0 spiro atoms. The minimum Gasteiger partial charge on any atom is -0.373 e. The van der Waals surface area contributed by atoms with Crippen LogP contribution in [0.5, 0.6) is 0 Å². The fourth-order valence-corrected chi connectivity index (χ4v) is 3.96. The zero-order valence-corrected chi connectivity index (χ0v) is 14.1. The Morgan fingerprint density at radius 2 is 1.64 bits per heavy atom. The second kappa shape index (κ2) is 7.58. The normalized spacial score (nSPS) is 28.8. The number of hydrogen-bond donors (Lipinski definition) is 0. The Morgan fingerprint density at radius 3 is 2.27 bits per heavy atom. The van der Waals surface area contributed by atoms with Crippen molar-refractivity contribution in [2.75, 3.05) is 32.7 Å². The Kier molecular flexibility index (Phi) is 5.51. The number of likely N-dealkylation sites (tertiary alicyclic amines) is 1. The summed E-state index contributed by atoms with van der Waals surface area (Å²) in [6.45, 7) is 10.3. The molecule has 2 heterocycles. The lowest BCUT2D eigenvalue weighted by Gasteiger charge is -2.43. The third-order valence-corrected chi connectivity index (χ3v) is 5.08. The van der Waals surface area contributed by atoms with Crippen LogP contribution in [0, 0.1) is 0 Å². The monoisotopic (exact) mass is 302 g/mol. The number of ether oxygens (including phenoxy) is 1. The molecule has 22 heavy (non-hydrogen) atoms. The quantitative estimate of drug-likeness (QED) is 0.850. The first-order chi connectivity index (χ1) is 10.7. The highest BCUT2D eigenvalue weighted by Crippen LogP contribution is 2.21. The van der Waals surface area contributed by atoms with Crippen LogP contribution in [-0.4, -0.2) is 60.8 Å². The molecular weight excluding hydrogens is 272 g/mol. The molecule has 3 rings (SSSR count). The van der Waals surface area contributed by atoms with Crippen LogP contribution < -0.4 is 0 Å². The summed E-state index contributed by atoms with van der Waals surface area (Å²) in [5, 5.41) is 0. The molecule has 2 saturated heterocycles. The molecule has 2 fully saturated rings.